The number of aromatic carboxylic acids is 1. The van der Waals surface area contributed by atoms with E-state index in [4.69, 9.17) is 21.5 Å². The number of rotatable bonds is 4. The van der Waals surface area contributed by atoms with E-state index in [0.717, 1.165) is 5.56 Å². The van der Waals surface area contributed by atoms with E-state index in [1.807, 2.05) is 0 Å². The van der Waals surface area contributed by atoms with Gasteiger partial charge in [0.05, 0.1) is 11.3 Å². The first-order valence-electron chi connectivity index (χ1n) is 4.98. The van der Waals surface area contributed by atoms with Crippen LogP contribution < -0.4 is 11.2 Å². The summed E-state index contributed by atoms with van der Waals surface area (Å²) in [6.07, 6.45) is 0. The van der Waals surface area contributed by atoms with E-state index in [-0.39, 0.29) is 11.3 Å². The Morgan fingerprint density at radius 1 is 1.63 bits per heavy atom. The van der Waals surface area contributed by atoms with Gasteiger partial charge in [-0.2, -0.15) is 10.4 Å². The van der Waals surface area contributed by atoms with Crippen molar-refractivity contribution >= 4 is 39.1 Å². The van der Waals surface area contributed by atoms with Crippen molar-refractivity contribution in [3.05, 3.63) is 27.7 Å². The average molecular weight is 324 g/mol. The smallest absolute Gasteiger partial charge is 0.336 e. The minimum Gasteiger partial charge on any atom is -0.478 e. The number of halogens is 1. The van der Waals surface area contributed by atoms with Crippen LogP contribution in [0.4, 0.5) is 5.69 Å². The van der Waals surface area contributed by atoms with Crippen molar-refractivity contribution in [1.82, 2.24) is 0 Å². The SMILES string of the molecule is Cc1cc(Br)c(C(=O)O)cc1N/N=C(\C#N)C(=N)N. The van der Waals surface area contributed by atoms with E-state index < -0.39 is 11.8 Å². The maximum absolute atomic E-state index is 11.0. The summed E-state index contributed by atoms with van der Waals surface area (Å²) in [4.78, 5) is 11.0. The number of benzene rings is 1. The Hall–Kier alpha value is -2.40. The molecule has 0 aliphatic heterocycles. The summed E-state index contributed by atoms with van der Waals surface area (Å²) in [7, 11) is 0. The molecule has 0 aliphatic carbocycles. The van der Waals surface area contributed by atoms with E-state index in [9.17, 15) is 4.79 Å². The fourth-order valence-corrected chi connectivity index (χ4v) is 1.85. The van der Waals surface area contributed by atoms with Gasteiger partial charge in [0, 0.05) is 4.47 Å². The molecule has 0 amide bonds. The zero-order valence-corrected chi connectivity index (χ0v) is 11.4. The molecule has 0 saturated heterocycles. The topological polar surface area (TPSA) is 135 Å². The second-order valence-corrected chi connectivity index (χ2v) is 4.40. The van der Waals surface area contributed by atoms with E-state index in [0.29, 0.717) is 10.2 Å². The molecular formula is C11H10BrN5O2. The van der Waals surface area contributed by atoms with Gasteiger partial charge in [-0.1, -0.05) is 0 Å². The number of hydrogen-bond donors (Lipinski definition) is 4. The van der Waals surface area contributed by atoms with Crippen LogP contribution in [0.3, 0.4) is 0 Å². The number of carbonyl (C=O) groups is 1. The fourth-order valence-electron chi connectivity index (χ4n) is 1.22. The van der Waals surface area contributed by atoms with Gasteiger partial charge in [-0.15, -0.1) is 0 Å². The minimum absolute atomic E-state index is 0.0598. The largest absolute Gasteiger partial charge is 0.478 e. The van der Waals surface area contributed by atoms with Crippen LogP contribution in [0.5, 0.6) is 0 Å². The molecule has 19 heavy (non-hydrogen) atoms. The van der Waals surface area contributed by atoms with Crippen molar-refractivity contribution < 1.29 is 9.90 Å². The lowest BCUT2D eigenvalue weighted by atomic mass is 10.1. The summed E-state index contributed by atoms with van der Waals surface area (Å²) in [5.41, 5.74) is 8.58. The standard InChI is InChI=1S/C11H10BrN5O2/c1-5-2-7(12)6(11(18)19)3-8(5)16-17-9(4-13)10(14)15/h2-3,16H,1H3,(H3,14,15)(H,18,19)/b17-9+. The van der Waals surface area contributed by atoms with Gasteiger partial charge in [0.2, 0.25) is 5.71 Å². The third-order valence-electron chi connectivity index (χ3n) is 2.19. The molecule has 1 aromatic rings. The first-order valence-corrected chi connectivity index (χ1v) is 5.77. The molecule has 5 N–H and O–H groups in total. The summed E-state index contributed by atoms with van der Waals surface area (Å²) in [5.74, 6) is -1.56. The van der Waals surface area contributed by atoms with Crippen LogP contribution >= 0.6 is 15.9 Å². The number of amidine groups is 1. The molecule has 0 heterocycles. The van der Waals surface area contributed by atoms with Gasteiger partial charge in [0.15, 0.2) is 5.84 Å². The van der Waals surface area contributed by atoms with Crippen LogP contribution in [0.15, 0.2) is 21.7 Å². The Morgan fingerprint density at radius 2 is 2.26 bits per heavy atom. The summed E-state index contributed by atoms with van der Waals surface area (Å²) in [6, 6.07) is 4.64. The van der Waals surface area contributed by atoms with Crippen LogP contribution in [0.25, 0.3) is 0 Å². The number of nitrogens with two attached hydrogens (primary N) is 1. The number of aryl methyl sites for hydroxylation is 1. The number of carboxylic acid groups (broad SMARTS) is 1. The Bertz CT molecular complexity index is 618. The number of hydrazone groups is 1. The number of hydrogen-bond acceptors (Lipinski definition) is 5. The maximum atomic E-state index is 11.0. The molecule has 0 saturated carbocycles. The molecule has 0 radical (unpaired) electrons. The lowest BCUT2D eigenvalue weighted by Crippen LogP contribution is -2.22. The Labute approximate surface area is 117 Å². The van der Waals surface area contributed by atoms with Gasteiger partial charge in [-0.3, -0.25) is 10.8 Å². The molecule has 8 heteroatoms. The van der Waals surface area contributed by atoms with Crippen molar-refractivity contribution in [2.24, 2.45) is 10.8 Å². The third-order valence-corrected chi connectivity index (χ3v) is 2.85. The minimum atomic E-state index is -1.09. The van der Waals surface area contributed by atoms with Gasteiger partial charge in [0.25, 0.3) is 0 Å². The molecular weight excluding hydrogens is 314 g/mol. The molecule has 0 aliphatic rings. The van der Waals surface area contributed by atoms with Crippen molar-refractivity contribution in [2.75, 3.05) is 5.43 Å². The predicted molar refractivity (Wildman–Crippen MR) is 74.4 cm³/mol. The van der Waals surface area contributed by atoms with Gasteiger partial charge < -0.3 is 10.8 Å². The number of nitrogens with zero attached hydrogens (tertiary/aromatic N) is 2. The monoisotopic (exact) mass is 323 g/mol. The number of nitrogens with one attached hydrogen (secondary N) is 2. The number of nitriles is 1. The van der Waals surface area contributed by atoms with Crippen LogP contribution in [-0.2, 0) is 0 Å². The number of anilines is 1. The molecule has 1 aromatic carbocycles. The van der Waals surface area contributed by atoms with Crippen LogP contribution in [0, 0.1) is 23.7 Å². The molecule has 0 atom stereocenters. The van der Waals surface area contributed by atoms with Gasteiger partial charge in [0.1, 0.15) is 6.07 Å². The zero-order valence-electron chi connectivity index (χ0n) is 9.86. The van der Waals surface area contributed by atoms with E-state index in [2.05, 4.69) is 26.5 Å². The molecule has 0 spiro atoms. The Morgan fingerprint density at radius 3 is 2.74 bits per heavy atom. The van der Waals surface area contributed by atoms with Crippen molar-refractivity contribution in [1.29, 1.82) is 10.7 Å². The van der Waals surface area contributed by atoms with Gasteiger partial charge in [-0.05, 0) is 40.5 Å². The lowest BCUT2D eigenvalue weighted by molar-refractivity contribution is 0.0696. The first kappa shape index (κ1) is 14.7. The van der Waals surface area contributed by atoms with E-state index >= 15 is 0 Å². The zero-order chi connectivity index (χ0) is 14.6. The van der Waals surface area contributed by atoms with E-state index in [1.54, 1.807) is 19.1 Å². The average Bonchev–Trinajstić information content (AvgIpc) is 2.31. The van der Waals surface area contributed by atoms with Crippen molar-refractivity contribution in [2.45, 2.75) is 6.92 Å². The second-order valence-electron chi connectivity index (χ2n) is 3.55. The quantitative estimate of drug-likeness (QED) is 0.379. The highest BCUT2D eigenvalue weighted by molar-refractivity contribution is 9.10. The first-order chi connectivity index (χ1) is 8.86. The van der Waals surface area contributed by atoms with Crippen LogP contribution in [0.2, 0.25) is 0 Å². The summed E-state index contributed by atoms with van der Waals surface area (Å²) in [6.45, 7) is 1.74. The van der Waals surface area contributed by atoms with Crippen molar-refractivity contribution in [3.8, 4) is 6.07 Å². The highest BCUT2D eigenvalue weighted by Gasteiger charge is 2.11. The summed E-state index contributed by atoms with van der Waals surface area (Å²) in [5, 5.41) is 28.4. The highest BCUT2D eigenvalue weighted by atomic mass is 79.9. The fraction of sp³-hybridized carbons (Fsp3) is 0.0909. The maximum Gasteiger partial charge on any atom is 0.336 e. The molecule has 0 aromatic heterocycles. The summed E-state index contributed by atoms with van der Waals surface area (Å²) < 4.78 is 0.444. The Kier molecular flexibility index (Phi) is 4.61. The number of carboxylic acids is 1. The van der Waals surface area contributed by atoms with Gasteiger partial charge in [-0.25, -0.2) is 4.79 Å². The molecule has 1 rings (SSSR count). The summed E-state index contributed by atoms with van der Waals surface area (Å²) >= 11 is 3.15. The Balaban J connectivity index is 3.16. The van der Waals surface area contributed by atoms with Crippen LogP contribution in [0.1, 0.15) is 15.9 Å². The van der Waals surface area contributed by atoms with Crippen molar-refractivity contribution in [3.63, 3.8) is 0 Å². The van der Waals surface area contributed by atoms with Crippen LogP contribution in [-0.4, -0.2) is 22.6 Å². The lowest BCUT2D eigenvalue weighted by Gasteiger charge is -2.08. The molecule has 0 unspecified atom stereocenters. The van der Waals surface area contributed by atoms with Gasteiger partial charge >= 0.3 is 5.97 Å². The molecule has 0 bridgehead atoms. The predicted octanol–water partition coefficient (Wildman–Crippen LogP) is 1.68. The molecule has 7 nitrogen and oxygen atoms in total. The second kappa shape index (κ2) is 5.97. The third kappa shape index (κ3) is 3.53. The molecule has 98 valence electrons. The molecule has 0 fully saturated rings. The van der Waals surface area contributed by atoms with E-state index in [1.165, 1.54) is 6.07 Å². The normalized spacial score (nSPS) is 10.7. The highest BCUT2D eigenvalue weighted by Crippen LogP contribution is 2.25.